The van der Waals surface area contributed by atoms with Gasteiger partial charge in [0.2, 0.25) is 0 Å². The van der Waals surface area contributed by atoms with Crippen molar-refractivity contribution in [2.75, 3.05) is 0 Å². The zero-order chi connectivity index (χ0) is 14.2. The maximum atomic E-state index is 6.76. The first-order chi connectivity index (χ1) is 7.97. The van der Waals surface area contributed by atoms with E-state index in [1.807, 2.05) is 30.3 Å². The Morgan fingerprint density at radius 2 is 1.22 bits per heavy atom. The molecule has 0 unspecified atom stereocenters. The van der Waals surface area contributed by atoms with Gasteiger partial charge in [0.1, 0.15) is 16.5 Å². The SMILES string of the molecule is C[Si](C)(C)N(C(Cl)(Cl)c1ccccc1)[Si](C)(C)C. The summed E-state index contributed by atoms with van der Waals surface area (Å²) in [5.74, 6) is 0. The molecular weight excluding hydrogens is 297 g/mol. The first-order valence-electron chi connectivity index (χ1n) is 6.21. The molecule has 1 nitrogen and oxygen atoms in total. The van der Waals surface area contributed by atoms with Crippen molar-refractivity contribution in [3.63, 3.8) is 0 Å². The smallest absolute Gasteiger partial charge is 0.185 e. The van der Waals surface area contributed by atoms with Gasteiger partial charge in [-0.1, -0.05) is 92.8 Å². The third-order valence-electron chi connectivity index (χ3n) is 2.74. The fourth-order valence-electron chi connectivity index (χ4n) is 2.62. The van der Waals surface area contributed by atoms with Gasteiger partial charge in [0, 0.05) is 5.56 Å². The van der Waals surface area contributed by atoms with Crippen LogP contribution in [0.15, 0.2) is 30.3 Å². The Kier molecular flexibility index (Phi) is 4.78. The molecule has 0 atom stereocenters. The second kappa shape index (κ2) is 5.29. The average molecular weight is 320 g/mol. The molecule has 0 saturated carbocycles. The lowest BCUT2D eigenvalue weighted by atomic mass is 10.2. The Labute approximate surface area is 123 Å². The fourth-order valence-corrected chi connectivity index (χ4v) is 15.9. The summed E-state index contributed by atoms with van der Waals surface area (Å²) in [6, 6.07) is 9.98. The predicted molar refractivity (Wildman–Crippen MR) is 88.4 cm³/mol. The molecule has 0 amide bonds. The van der Waals surface area contributed by atoms with E-state index < -0.39 is 20.9 Å². The van der Waals surface area contributed by atoms with Crippen molar-refractivity contribution in [1.29, 1.82) is 0 Å². The van der Waals surface area contributed by atoms with Crippen LogP contribution in [0.3, 0.4) is 0 Å². The molecule has 1 rings (SSSR count). The lowest BCUT2D eigenvalue weighted by Crippen LogP contribution is -2.64. The Morgan fingerprint density at radius 1 is 0.833 bits per heavy atom. The highest BCUT2D eigenvalue weighted by Crippen LogP contribution is 2.43. The van der Waals surface area contributed by atoms with Gasteiger partial charge in [-0.15, -0.1) is 0 Å². The van der Waals surface area contributed by atoms with E-state index in [4.69, 9.17) is 23.2 Å². The third kappa shape index (κ3) is 3.61. The number of halogens is 2. The molecule has 0 aliphatic heterocycles. The maximum absolute atomic E-state index is 6.76. The van der Waals surface area contributed by atoms with Crippen LogP contribution in [-0.4, -0.2) is 20.7 Å². The molecule has 0 N–H and O–H groups in total. The first kappa shape index (κ1) is 16.2. The van der Waals surface area contributed by atoms with Crippen LogP contribution in [-0.2, 0) is 4.46 Å². The minimum absolute atomic E-state index is 0.920. The highest BCUT2D eigenvalue weighted by molar-refractivity contribution is 6.91. The van der Waals surface area contributed by atoms with Gasteiger partial charge < -0.3 is 4.23 Å². The van der Waals surface area contributed by atoms with Gasteiger partial charge >= 0.3 is 0 Å². The largest absolute Gasteiger partial charge is 0.312 e. The van der Waals surface area contributed by atoms with Gasteiger partial charge in [0.15, 0.2) is 4.46 Å². The third-order valence-corrected chi connectivity index (χ3v) is 11.5. The molecule has 0 bridgehead atoms. The van der Waals surface area contributed by atoms with E-state index in [9.17, 15) is 0 Å². The second-order valence-corrected chi connectivity index (χ2v) is 17.9. The molecule has 1 aromatic rings. The zero-order valence-corrected chi connectivity index (χ0v) is 15.6. The van der Waals surface area contributed by atoms with Crippen LogP contribution in [0, 0.1) is 0 Å². The number of hydrogen-bond acceptors (Lipinski definition) is 1. The molecule has 0 aliphatic rings. The van der Waals surface area contributed by atoms with Crippen LogP contribution in [0.25, 0.3) is 0 Å². The quantitative estimate of drug-likeness (QED) is 0.416. The van der Waals surface area contributed by atoms with Crippen LogP contribution in [0.5, 0.6) is 0 Å². The molecule has 0 heterocycles. The van der Waals surface area contributed by atoms with Crippen molar-refractivity contribution >= 4 is 39.7 Å². The van der Waals surface area contributed by atoms with Crippen LogP contribution in [0.1, 0.15) is 5.56 Å². The molecule has 0 aliphatic carbocycles. The number of hydrogen-bond donors (Lipinski definition) is 0. The first-order valence-corrected chi connectivity index (χ1v) is 13.9. The summed E-state index contributed by atoms with van der Waals surface area (Å²) in [5, 5.41) is 0. The highest BCUT2D eigenvalue weighted by Gasteiger charge is 2.47. The van der Waals surface area contributed by atoms with E-state index >= 15 is 0 Å². The molecule has 0 spiro atoms. The summed E-state index contributed by atoms with van der Waals surface area (Å²) in [6.07, 6.45) is 0. The van der Waals surface area contributed by atoms with Gasteiger partial charge in [-0.3, -0.25) is 0 Å². The lowest BCUT2D eigenvalue weighted by Gasteiger charge is -2.50. The summed E-state index contributed by atoms with van der Waals surface area (Å²) in [6.45, 7) is 13.8. The standard InChI is InChI=1S/C13H23Cl2NSi2/c1-17(2,3)16(18(4,5)6)13(14,15)12-10-8-7-9-11-12/h7-11H,1-6H3. The topological polar surface area (TPSA) is 3.24 Å². The predicted octanol–water partition coefficient (Wildman–Crippen LogP) is 5.25. The minimum atomic E-state index is -1.61. The summed E-state index contributed by atoms with van der Waals surface area (Å²) in [7, 11) is -3.22. The van der Waals surface area contributed by atoms with Crippen molar-refractivity contribution in [1.82, 2.24) is 4.23 Å². The van der Waals surface area contributed by atoms with Crippen molar-refractivity contribution < 1.29 is 0 Å². The van der Waals surface area contributed by atoms with E-state index in [1.165, 1.54) is 0 Å². The van der Waals surface area contributed by atoms with Crippen LogP contribution < -0.4 is 0 Å². The molecule has 0 radical (unpaired) electrons. The molecule has 0 aromatic heterocycles. The van der Waals surface area contributed by atoms with Crippen molar-refractivity contribution in [3.05, 3.63) is 35.9 Å². The Hall–Kier alpha value is 0.194. The molecular formula is C13H23Cl2NSi2. The lowest BCUT2D eigenvalue weighted by molar-refractivity contribution is 0.529. The van der Waals surface area contributed by atoms with Crippen LogP contribution in [0.4, 0.5) is 0 Å². The molecule has 0 saturated heterocycles. The minimum Gasteiger partial charge on any atom is -0.312 e. The van der Waals surface area contributed by atoms with E-state index in [1.54, 1.807) is 0 Å². The summed E-state index contributed by atoms with van der Waals surface area (Å²) >= 11 is 13.5. The number of benzene rings is 1. The number of nitrogens with zero attached hydrogens (tertiary/aromatic N) is 1. The monoisotopic (exact) mass is 319 g/mol. The number of rotatable bonds is 4. The van der Waals surface area contributed by atoms with E-state index in [0.717, 1.165) is 5.56 Å². The maximum Gasteiger partial charge on any atom is 0.185 e. The Morgan fingerprint density at radius 3 is 1.56 bits per heavy atom. The number of alkyl halides is 2. The van der Waals surface area contributed by atoms with Crippen molar-refractivity contribution in [2.24, 2.45) is 0 Å². The van der Waals surface area contributed by atoms with Gasteiger partial charge in [-0.25, -0.2) is 0 Å². The van der Waals surface area contributed by atoms with Gasteiger partial charge in [0.25, 0.3) is 0 Å². The second-order valence-electron chi connectivity index (χ2n) is 6.58. The normalized spacial score (nSPS) is 14.1. The summed E-state index contributed by atoms with van der Waals surface area (Å²) in [4.78, 5) is 0. The van der Waals surface area contributed by atoms with E-state index in [-0.39, 0.29) is 0 Å². The summed E-state index contributed by atoms with van der Waals surface area (Å²) < 4.78 is 1.49. The Bertz CT molecular complexity index is 380. The molecule has 1 aromatic carbocycles. The van der Waals surface area contributed by atoms with Crippen LogP contribution in [0.2, 0.25) is 39.3 Å². The van der Waals surface area contributed by atoms with Gasteiger partial charge in [0.05, 0.1) is 0 Å². The molecule has 18 heavy (non-hydrogen) atoms. The molecule has 102 valence electrons. The van der Waals surface area contributed by atoms with Gasteiger partial charge in [-0.2, -0.15) is 0 Å². The zero-order valence-electron chi connectivity index (χ0n) is 12.1. The fraction of sp³-hybridized carbons (Fsp3) is 0.538. The van der Waals surface area contributed by atoms with Crippen molar-refractivity contribution in [3.8, 4) is 0 Å². The van der Waals surface area contributed by atoms with E-state index in [2.05, 4.69) is 43.5 Å². The molecule has 5 heteroatoms. The van der Waals surface area contributed by atoms with E-state index in [0.29, 0.717) is 0 Å². The van der Waals surface area contributed by atoms with Crippen LogP contribution >= 0.6 is 23.2 Å². The highest BCUT2D eigenvalue weighted by atomic mass is 35.5. The Balaban J connectivity index is 3.30. The summed E-state index contributed by atoms with van der Waals surface area (Å²) in [5.41, 5.74) is 0.971. The van der Waals surface area contributed by atoms with Crippen molar-refractivity contribution in [2.45, 2.75) is 43.7 Å². The van der Waals surface area contributed by atoms with Gasteiger partial charge in [-0.05, 0) is 0 Å². The average Bonchev–Trinajstić information content (AvgIpc) is 2.13. The molecule has 0 fully saturated rings.